The van der Waals surface area contributed by atoms with E-state index >= 15 is 0 Å². The van der Waals surface area contributed by atoms with Gasteiger partial charge in [0.2, 0.25) is 0 Å². The highest BCUT2D eigenvalue weighted by Crippen LogP contribution is 2.38. The summed E-state index contributed by atoms with van der Waals surface area (Å²) >= 11 is 0. The smallest absolute Gasteiger partial charge is 0.398 e. The number of aromatic nitrogens is 3. The summed E-state index contributed by atoms with van der Waals surface area (Å²) in [6.45, 7) is 10.4. The van der Waals surface area contributed by atoms with Crippen LogP contribution in [-0.2, 0) is 15.9 Å². The molecule has 0 bridgehead atoms. The molecule has 5 nitrogen and oxygen atoms in total. The van der Waals surface area contributed by atoms with Crippen LogP contribution in [0.15, 0.2) is 42.3 Å². The predicted molar refractivity (Wildman–Crippen MR) is 100 cm³/mol. The van der Waals surface area contributed by atoms with Crippen molar-refractivity contribution < 1.29 is 13.7 Å². The van der Waals surface area contributed by atoms with Crippen LogP contribution in [0.5, 0.6) is 0 Å². The molecule has 1 aliphatic rings. The molecule has 0 aliphatic carbocycles. The Morgan fingerprint density at radius 2 is 1.81 bits per heavy atom. The lowest BCUT2D eigenvalue weighted by atomic mass is 9.87. The molecule has 1 aromatic heterocycles. The summed E-state index contributed by atoms with van der Waals surface area (Å²) in [5, 5.41) is 8.12. The monoisotopic (exact) mass is 357 g/mol. The van der Waals surface area contributed by atoms with E-state index in [9.17, 15) is 4.39 Å². The second-order valence-electron chi connectivity index (χ2n) is 7.79. The Morgan fingerprint density at radius 3 is 2.42 bits per heavy atom. The molecule has 0 radical (unpaired) electrons. The SMILES string of the molecule is CC(Cn1cc(C=C(F)B2OC(C)(C)C(C)(C)O2)nn1)c1ccccc1. The molecule has 138 valence electrons. The van der Waals surface area contributed by atoms with Gasteiger partial charge in [0.05, 0.1) is 17.4 Å². The van der Waals surface area contributed by atoms with Crippen LogP contribution in [0.3, 0.4) is 0 Å². The molecule has 1 fully saturated rings. The third-order valence-electron chi connectivity index (χ3n) is 5.15. The van der Waals surface area contributed by atoms with E-state index < -0.39 is 24.0 Å². The van der Waals surface area contributed by atoms with E-state index in [0.29, 0.717) is 12.2 Å². The lowest BCUT2D eigenvalue weighted by Gasteiger charge is -2.32. The van der Waals surface area contributed by atoms with Crippen LogP contribution in [0.2, 0.25) is 0 Å². The molecule has 0 saturated carbocycles. The highest BCUT2D eigenvalue weighted by molar-refractivity contribution is 6.54. The summed E-state index contributed by atoms with van der Waals surface area (Å²) in [4.78, 5) is 0. The summed E-state index contributed by atoms with van der Waals surface area (Å²) in [5.41, 5.74) is 0.00436. The minimum atomic E-state index is -1.02. The Bertz CT molecular complexity index is 773. The first kappa shape index (κ1) is 18.8. The highest BCUT2D eigenvalue weighted by Gasteiger charge is 2.53. The van der Waals surface area contributed by atoms with Crippen LogP contribution in [0.25, 0.3) is 6.08 Å². The first-order valence-corrected chi connectivity index (χ1v) is 8.86. The van der Waals surface area contributed by atoms with E-state index in [4.69, 9.17) is 9.31 Å². The van der Waals surface area contributed by atoms with Crippen LogP contribution in [-0.4, -0.2) is 33.3 Å². The van der Waals surface area contributed by atoms with Crippen molar-refractivity contribution in [1.29, 1.82) is 0 Å². The largest absolute Gasteiger partial charge is 0.525 e. The van der Waals surface area contributed by atoms with Crippen molar-refractivity contribution in [2.75, 3.05) is 0 Å². The molecule has 26 heavy (non-hydrogen) atoms. The second kappa shape index (κ2) is 6.97. The number of benzene rings is 1. The van der Waals surface area contributed by atoms with E-state index in [2.05, 4.69) is 29.4 Å². The fourth-order valence-electron chi connectivity index (χ4n) is 2.80. The van der Waals surface area contributed by atoms with Gasteiger partial charge in [-0.3, -0.25) is 4.68 Å². The summed E-state index contributed by atoms with van der Waals surface area (Å²) < 4.78 is 27.7. The number of rotatable bonds is 5. The average Bonchev–Trinajstić information content (AvgIpc) is 3.09. The van der Waals surface area contributed by atoms with Gasteiger partial charge in [-0.15, -0.1) is 5.10 Å². The Hall–Kier alpha value is -1.99. The molecule has 1 unspecified atom stereocenters. The van der Waals surface area contributed by atoms with Crippen molar-refractivity contribution in [1.82, 2.24) is 15.0 Å². The Balaban J connectivity index is 1.67. The standard InChI is InChI=1S/C19H25BFN3O2/c1-14(15-9-7-6-8-10-15)12-24-13-16(22-23-24)11-17(21)20-25-18(2,3)19(4,5)26-20/h6-11,13-14H,12H2,1-5H3. The molecule has 1 saturated heterocycles. The molecule has 0 amide bonds. The van der Waals surface area contributed by atoms with Crippen molar-refractivity contribution >= 4 is 13.2 Å². The van der Waals surface area contributed by atoms with Crippen molar-refractivity contribution in [3.63, 3.8) is 0 Å². The molecule has 2 heterocycles. The van der Waals surface area contributed by atoms with Gasteiger partial charge in [0.15, 0.2) is 0 Å². The molecule has 7 heteroatoms. The van der Waals surface area contributed by atoms with Gasteiger partial charge in [0.25, 0.3) is 0 Å². The first-order valence-electron chi connectivity index (χ1n) is 8.86. The molecule has 1 aromatic carbocycles. The minimum Gasteiger partial charge on any atom is -0.398 e. The fourth-order valence-corrected chi connectivity index (χ4v) is 2.80. The van der Waals surface area contributed by atoms with Gasteiger partial charge in [0.1, 0.15) is 11.4 Å². The molecule has 1 atom stereocenters. The number of hydrogen-bond donors (Lipinski definition) is 0. The first-order chi connectivity index (χ1) is 12.2. The maximum atomic E-state index is 14.6. The van der Waals surface area contributed by atoms with E-state index in [1.54, 1.807) is 10.9 Å². The van der Waals surface area contributed by atoms with Gasteiger partial charge in [-0.1, -0.05) is 42.5 Å². The van der Waals surface area contributed by atoms with Crippen molar-refractivity contribution in [2.24, 2.45) is 0 Å². The lowest BCUT2D eigenvalue weighted by Crippen LogP contribution is -2.41. The van der Waals surface area contributed by atoms with E-state index in [1.807, 2.05) is 45.9 Å². The third-order valence-corrected chi connectivity index (χ3v) is 5.15. The zero-order chi connectivity index (χ0) is 18.9. The maximum absolute atomic E-state index is 14.6. The Kier molecular flexibility index (Phi) is 5.04. The average molecular weight is 357 g/mol. The molecule has 0 spiro atoms. The van der Waals surface area contributed by atoms with Gasteiger partial charge in [-0.25, -0.2) is 4.39 Å². The van der Waals surface area contributed by atoms with Gasteiger partial charge in [-0.2, -0.15) is 0 Å². The van der Waals surface area contributed by atoms with Crippen LogP contribution >= 0.6 is 0 Å². The molecule has 0 N–H and O–H groups in total. The zero-order valence-corrected chi connectivity index (χ0v) is 15.9. The predicted octanol–water partition coefficient (Wildman–Crippen LogP) is 4.02. The molecule has 1 aliphatic heterocycles. The summed E-state index contributed by atoms with van der Waals surface area (Å²) in [6.07, 6.45) is 3.04. The Morgan fingerprint density at radius 1 is 1.19 bits per heavy atom. The van der Waals surface area contributed by atoms with Crippen molar-refractivity contribution in [3.05, 3.63) is 53.5 Å². The van der Waals surface area contributed by atoms with Gasteiger partial charge in [0, 0.05) is 12.5 Å². The normalized spacial score (nSPS) is 20.4. The maximum Gasteiger partial charge on any atom is 0.525 e. The van der Waals surface area contributed by atoms with Crippen molar-refractivity contribution in [3.8, 4) is 0 Å². The number of halogens is 1. The fraction of sp³-hybridized carbons (Fsp3) is 0.474. The molecule has 2 aromatic rings. The zero-order valence-electron chi connectivity index (χ0n) is 15.9. The number of nitrogens with zero attached hydrogens (tertiary/aromatic N) is 3. The van der Waals surface area contributed by atoms with Gasteiger partial charge >= 0.3 is 7.12 Å². The van der Waals surface area contributed by atoms with Gasteiger partial charge < -0.3 is 9.31 Å². The third kappa shape index (κ3) is 3.89. The topological polar surface area (TPSA) is 49.2 Å². The second-order valence-corrected chi connectivity index (χ2v) is 7.79. The minimum absolute atomic E-state index is 0.280. The van der Waals surface area contributed by atoms with Crippen LogP contribution < -0.4 is 0 Å². The molecular weight excluding hydrogens is 332 g/mol. The van der Waals surface area contributed by atoms with E-state index in [1.165, 1.54) is 11.6 Å². The molecular formula is C19H25BFN3O2. The van der Waals surface area contributed by atoms with Crippen LogP contribution in [0, 0.1) is 0 Å². The van der Waals surface area contributed by atoms with Crippen LogP contribution in [0.1, 0.15) is 51.8 Å². The summed E-state index contributed by atoms with van der Waals surface area (Å²) in [6, 6.07) is 10.2. The van der Waals surface area contributed by atoms with Gasteiger partial charge in [-0.05, 0) is 39.3 Å². The highest BCUT2D eigenvalue weighted by atomic mass is 19.1. The van der Waals surface area contributed by atoms with E-state index in [0.717, 1.165) is 0 Å². The van der Waals surface area contributed by atoms with Crippen molar-refractivity contribution in [2.45, 2.75) is 58.3 Å². The lowest BCUT2D eigenvalue weighted by molar-refractivity contribution is 0.00578. The summed E-state index contributed by atoms with van der Waals surface area (Å²) in [5.74, 6) is 0.280. The quantitative estimate of drug-likeness (QED) is 0.759. The van der Waals surface area contributed by atoms with E-state index in [-0.39, 0.29) is 5.92 Å². The Labute approximate surface area is 154 Å². The van der Waals surface area contributed by atoms with Crippen LogP contribution in [0.4, 0.5) is 4.39 Å². The number of hydrogen-bond acceptors (Lipinski definition) is 4. The molecule has 3 rings (SSSR count). The summed E-state index contributed by atoms with van der Waals surface area (Å²) in [7, 11) is -1.02.